The molecule has 1 aromatic rings. The number of carbonyl (C=O) groups excluding carboxylic acids is 1. The Kier molecular flexibility index (Phi) is 4.76. The Hall–Kier alpha value is -1.35. The summed E-state index contributed by atoms with van der Waals surface area (Å²) in [6.07, 6.45) is 4.73. The largest absolute Gasteiger partial charge is 0.461 e. The van der Waals surface area contributed by atoms with Gasteiger partial charge in [-0.15, -0.1) is 0 Å². The number of hydrogen-bond donors (Lipinski definition) is 1. The number of hydrogen-bond acceptors (Lipinski definition) is 3. The molecule has 18 heavy (non-hydrogen) atoms. The van der Waals surface area contributed by atoms with Gasteiger partial charge < -0.3 is 10.5 Å². The highest BCUT2D eigenvalue weighted by atomic mass is 16.5. The molecule has 0 atom stereocenters. The van der Waals surface area contributed by atoms with Gasteiger partial charge in [-0.3, -0.25) is 4.79 Å². The lowest BCUT2D eigenvalue weighted by molar-refractivity contribution is -0.146. The van der Waals surface area contributed by atoms with E-state index in [2.05, 4.69) is 0 Å². The number of ether oxygens (including phenoxy) is 1. The molecular formula is C15H21NO2. The van der Waals surface area contributed by atoms with E-state index in [4.69, 9.17) is 10.5 Å². The van der Waals surface area contributed by atoms with Crippen LogP contribution in [0.2, 0.25) is 0 Å². The minimum atomic E-state index is -0.0840. The maximum Gasteiger partial charge on any atom is 0.306 e. The summed E-state index contributed by atoms with van der Waals surface area (Å²) in [4.78, 5) is 11.7. The Balaban J connectivity index is 1.69. The van der Waals surface area contributed by atoms with Crippen molar-refractivity contribution < 1.29 is 9.53 Å². The van der Waals surface area contributed by atoms with Crippen LogP contribution in [0.3, 0.4) is 0 Å². The monoisotopic (exact) mass is 247 g/mol. The van der Waals surface area contributed by atoms with Crippen molar-refractivity contribution in [2.24, 2.45) is 11.7 Å². The Morgan fingerprint density at radius 3 is 2.50 bits per heavy atom. The molecule has 1 saturated carbocycles. The molecule has 1 aromatic carbocycles. The number of nitrogens with two attached hydrogens (primary N) is 1. The van der Waals surface area contributed by atoms with Crippen LogP contribution < -0.4 is 5.73 Å². The summed E-state index contributed by atoms with van der Waals surface area (Å²) in [7, 11) is 0. The first-order valence-electron chi connectivity index (χ1n) is 6.69. The standard InChI is InChI=1S/C15H21NO2/c16-14-8-6-12(7-9-14)10-15(17)18-11-13-4-2-1-3-5-13/h1-5,12,14H,6-11,16H2/t12-,14-. The van der Waals surface area contributed by atoms with Gasteiger partial charge in [-0.25, -0.2) is 0 Å². The van der Waals surface area contributed by atoms with Crippen molar-refractivity contribution in [2.75, 3.05) is 0 Å². The first-order valence-corrected chi connectivity index (χ1v) is 6.69. The van der Waals surface area contributed by atoms with Crippen LogP contribution >= 0.6 is 0 Å². The van der Waals surface area contributed by atoms with E-state index in [9.17, 15) is 4.79 Å². The van der Waals surface area contributed by atoms with Crippen molar-refractivity contribution in [3.63, 3.8) is 0 Å². The van der Waals surface area contributed by atoms with Crippen LogP contribution in [0.15, 0.2) is 30.3 Å². The SMILES string of the molecule is N[C@H]1CC[C@H](CC(=O)OCc2ccccc2)CC1. The lowest BCUT2D eigenvalue weighted by Crippen LogP contribution is -2.27. The molecule has 0 bridgehead atoms. The molecule has 3 nitrogen and oxygen atoms in total. The number of benzene rings is 1. The minimum absolute atomic E-state index is 0.0840. The van der Waals surface area contributed by atoms with Gasteiger partial charge in [-0.1, -0.05) is 30.3 Å². The zero-order chi connectivity index (χ0) is 12.8. The maximum absolute atomic E-state index is 11.7. The van der Waals surface area contributed by atoms with Gasteiger partial charge in [0.15, 0.2) is 0 Å². The predicted octanol–water partition coefficient (Wildman–Crippen LogP) is 2.64. The normalized spacial score (nSPS) is 23.6. The van der Waals surface area contributed by atoms with Crippen LogP contribution in [0.25, 0.3) is 0 Å². The van der Waals surface area contributed by atoms with E-state index >= 15 is 0 Å². The van der Waals surface area contributed by atoms with Crippen LogP contribution in [-0.2, 0) is 16.1 Å². The number of esters is 1. The van der Waals surface area contributed by atoms with Gasteiger partial charge in [0.1, 0.15) is 6.61 Å². The van der Waals surface area contributed by atoms with E-state index in [-0.39, 0.29) is 5.97 Å². The first kappa shape index (κ1) is 13.1. The summed E-state index contributed by atoms with van der Waals surface area (Å²) in [5.41, 5.74) is 6.88. The number of carbonyl (C=O) groups is 1. The van der Waals surface area contributed by atoms with E-state index < -0.39 is 0 Å². The fourth-order valence-electron chi connectivity index (χ4n) is 2.43. The summed E-state index contributed by atoms with van der Waals surface area (Å²) in [5, 5.41) is 0. The molecule has 2 N–H and O–H groups in total. The van der Waals surface area contributed by atoms with Gasteiger partial charge in [0, 0.05) is 12.5 Å². The minimum Gasteiger partial charge on any atom is -0.461 e. The molecule has 0 aromatic heterocycles. The third-order valence-corrected chi connectivity index (χ3v) is 3.59. The second-order valence-electron chi connectivity index (χ2n) is 5.13. The van der Waals surface area contributed by atoms with Crippen LogP contribution in [0.5, 0.6) is 0 Å². The summed E-state index contributed by atoms with van der Waals surface area (Å²) >= 11 is 0. The molecule has 0 heterocycles. The van der Waals surface area contributed by atoms with Crippen LogP contribution in [0.1, 0.15) is 37.7 Å². The average molecular weight is 247 g/mol. The van der Waals surface area contributed by atoms with Crippen LogP contribution in [0.4, 0.5) is 0 Å². The van der Waals surface area contributed by atoms with Crippen molar-refractivity contribution >= 4 is 5.97 Å². The Labute approximate surface area is 108 Å². The first-order chi connectivity index (χ1) is 8.74. The zero-order valence-corrected chi connectivity index (χ0v) is 10.7. The van der Waals surface area contributed by atoms with E-state index in [1.165, 1.54) is 0 Å². The maximum atomic E-state index is 11.7. The van der Waals surface area contributed by atoms with Crippen LogP contribution in [-0.4, -0.2) is 12.0 Å². The van der Waals surface area contributed by atoms with Crippen molar-refractivity contribution in [1.82, 2.24) is 0 Å². The summed E-state index contributed by atoms with van der Waals surface area (Å²) in [6, 6.07) is 10.1. The third-order valence-electron chi connectivity index (χ3n) is 3.59. The topological polar surface area (TPSA) is 52.3 Å². The average Bonchev–Trinajstić information content (AvgIpc) is 2.40. The third kappa shape index (κ3) is 4.15. The quantitative estimate of drug-likeness (QED) is 0.832. The van der Waals surface area contributed by atoms with E-state index in [1.54, 1.807) is 0 Å². The van der Waals surface area contributed by atoms with Crippen molar-refractivity contribution in [3.05, 3.63) is 35.9 Å². The van der Waals surface area contributed by atoms with E-state index in [0.717, 1.165) is 31.2 Å². The predicted molar refractivity (Wildman–Crippen MR) is 70.8 cm³/mol. The molecule has 0 unspecified atom stereocenters. The summed E-state index contributed by atoms with van der Waals surface area (Å²) in [5.74, 6) is 0.382. The van der Waals surface area contributed by atoms with Crippen molar-refractivity contribution in [3.8, 4) is 0 Å². The van der Waals surface area contributed by atoms with Crippen LogP contribution in [0, 0.1) is 5.92 Å². The highest BCUT2D eigenvalue weighted by molar-refractivity contribution is 5.69. The fourth-order valence-corrected chi connectivity index (χ4v) is 2.43. The molecule has 0 spiro atoms. The zero-order valence-electron chi connectivity index (χ0n) is 10.7. The lowest BCUT2D eigenvalue weighted by atomic mass is 9.84. The second-order valence-corrected chi connectivity index (χ2v) is 5.13. The molecule has 98 valence electrons. The molecule has 0 saturated heterocycles. The van der Waals surface area contributed by atoms with Gasteiger partial charge >= 0.3 is 5.97 Å². The molecule has 3 heteroatoms. The summed E-state index contributed by atoms with van der Waals surface area (Å²) < 4.78 is 5.29. The Morgan fingerprint density at radius 1 is 1.17 bits per heavy atom. The Morgan fingerprint density at radius 2 is 1.83 bits per heavy atom. The molecule has 0 aliphatic heterocycles. The highest BCUT2D eigenvalue weighted by Gasteiger charge is 2.21. The second kappa shape index (κ2) is 6.55. The van der Waals surface area contributed by atoms with Crippen molar-refractivity contribution in [2.45, 2.75) is 44.8 Å². The molecule has 1 aliphatic carbocycles. The van der Waals surface area contributed by atoms with Gasteiger partial charge in [-0.2, -0.15) is 0 Å². The van der Waals surface area contributed by atoms with Gasteiger partial charge in [0.05, 0.1) is 0 Å². The number of rotatable bonds is 4. The Bertz CT molecular complexity index is 369. The van der Waals surface area contributed by atoms with Gasteiger partial charge in [-0.05, 0) is 37.2 Å². The van der Waals surface area contributed by atoms with E-state index in [1.807, 2.05) is 30.3 Å². The van der Waals surface area contributed by atoms with Gasteiger partial charge in [0.25, 0.3) is 0 Å². The van der Waals surface area contributed by atoms with E-state index in [0.29, 0.717) is 25.0 Å². The molecule has 0 amide bonds. The highest BCUT2D eigenvalue weighted by Crippen LogP contribution is 2.26. The molecule has 1 fully saturated rings. The molecular weight excluding hydrogens is 226 g/mol. The van der Waals surface area contributed by atoms with Crippen molar-refractivity contribution in [1.29, 1.82) is 0 Å². The lowest BCUT2D eigenvalue weighted by Gasteiger charge is -2.25. The molecule has 1 aliphatic rings. The molecule has 0 radical (unpaired) electrons. The fraction of sp³-hybridized carbons (Fsp3) is 0.533. The molecule has 2 rings (SSSR count). The van der Waals surface area contributed by atoms with Gasteiger partial charge in [0.2, 0.25) is 0 Å². The smallest absolute Gasteiger partial charge is 0.306 e. The summed E-state index contributed by atoms with van der Waals surface area (Å²) in [6.45, 7) is 0.381.